The normalized spacial score (nSPS) is 13.8. The summed E-state index contributed by atoms with van der Waals surface area (Å²) in [7, 11) is 0. The van der Waals surface area contributed by atoms with E-state index in [0.29, 0.717) is 11.4 Å². The van der Waals surface area contributed by atoms with E-state index in [9.17, 15) is 14.4 Å². The number of nitrogens with zero attached hydrogens (tertiary/aromatic N) is 3. The Labute approximate surface area is 260 Å². The summed E-state index contributed by atoms with van der Waals surface area (Å²) in [6.45, 7) is 19.2. The number of piperazine rings is 1. The first-order valence-corrected chi connectivity index (χ1v) is 14.6. The first-order valence-electron chi connectivity index (χ1n) is 14.6. The van der Waals surface area contributed by atoms with Crippen molar-refractivity contribution in [3.63, 3.8) is 0 Å². The van der Waals surface area contributed by atoms with Crippen molar-refractivity contribution in [2.24, 2.45) is 4.99 Å². The van der Waals surface area contributed by atoms with Gasteiger partial charge in [0.15, 0.2) is 0 Å². The Morgan fingerprint density at radius 1 is 0.591 bits per heavy atom. The van der Waals surface area contributed by atoms with E-state index in [1.807, 2.05) is 69.3 Å². The highest BCUT2D eigenvalue weighted by molar-refractivity contribution is 6.02. The Morgan fingerprint density at radius 2 is 0.955 bits per heavy atom. The van der Waals surface area contributed by atoms with Gasteiger partial charge in [-0.05, 0) is 111 Å². The van der Waals surface area contributed by atoms with E-state index in [-0.39, 0.29) is 5.96 Å². The molecule has 3 rings (SSSR count). The summed E-state index contributed by atoms with van der Waals surface area (Å²) in [4.78, 5) is 45.8. The Bertz CT molecular complexity index is 1280. The molecular weight excluding hydrogens is 564 g/mol. The van der Waals surface area contributed by atoms with Gasteiger partial charge < -0.3 is 24.0 Å². The van der Waals surface area contributed by atoms with Gasteiger partial charge >= 0.3 is 18.3 Å². The third kappa shape index (κ3) is 12.0. The zero-order valence-corrected chi connectivity index (χ0v) is 27.2. The van der Waals surface area contributed by atoms with E-state index >= 15 is 0 Å². The molecule has 12 nitrogen and oxygen atoms in total. The first kappa shape index (κ1) is 34.0. The largest absolute Gasteiger partial charge is 0.444 e. The van der Waals surface area contributed by atoms with E-state index in [1.165, 1.54) is 0 Å². The molecule has 44 heavy (non-hydrogen) atoms. The van der Waals surface area contributed by atoms with Gasteiger partial charge in [0.1, 0.15) is 16.8 Å². The van der Waals surface area contributed by atoms with Gasteiger partial charge in [-0.1, -0.05) is 0 Å². The average Bonchev–Trinajstić information content (AvgIpc) is 2.86. The average molecular weight is 611 g/mol. The van der Waals surface area contributed by atoms with E-state index in [1.54, 1.807) is 41.5 Å². The number of anilines is 3. The number of hydrogen-bond acceptors (Lipinski definition) is 9. The molecule has 1 saturated heterocycles. The summed E-state index contributed by atoms with van der Waals surface area (Å²) in [6.07, 6.45) is -1.99. The Hall–Kier alpha value is -4.48. The number of rotatable bonds is 4. The number of carbonyl (C=O) groups is 3. The summed E-state index contributed by atoms with van der Waals surface area (Å²) >= 11 is 0. The smallest absolute Gasteiger partial charge is 0.414 e. The third-order valence-electron chi connectivity index (χ3n) is 5.85. The fourth-order valence-corrected chi connectivity index (χ4v) is 4.15. The van der Waals surface area contributed by atoms with Gasteiger partial charge in [0.05, 0.1) is 5.69 Å². The maximum Gasteiger partial charge on any atom is 0.414 e. The van der Waals surface area contributed by atoms with Crippen LogP contribution in [-0.4, -0.2) is 67.2 Å². The molecule has 2 aromatic rings. The number of ether oxygens (including phenoxy) is 3. The van der Waals surface area contributed by atoms with Crippen LogP contribution in [0.3, 0.4) is 0 Å². The van der Waals surface area contributed by atoms with E-state index in [2.05, 4.69) is 30.7 Å². The fourth-order valence-electron chi connectivity index (χ4n) is 4.15. The van der Waals surface area contributed by atoms with E-state index in [4.69, 9.17) is 14.2 Å². The number of aliphatic imine (C=N–C) groups is 1. The minimum atomic E-state index is -0.754. The molecule has 0 spiro atoms. The molecule has 1 heterocycles. The van der Waals surface area contributed by atoms with Gasteiger partial charge in [0.25, 0.3) is 0 Å². The monoisotopic (exact) mass is 610 g/mol. The molecule has 1 aliphatic rings. The number of alkyl carbamates (subject to hydrolysis) is 2. The van der Waals surface area contributed by atoms with Crippen LogP contribution in [0.1, 0.15) is 62.3 Å². The van der Waals surface area contributed by atoms with Crippen molar-refractivity contribution >= 4 is 47.0 Å². The lowest BCUT2D eigenvalue weighted by Crippen LogP contribution is -2.47. The second-order valence-electron chi connectivity index (χ2n) is 13.4. The molecule has 3 N–H and O–H groups in total. The minimum Gasteiger partial charge on any atom is -0.444 e. The van der Waals surface area contributed by atoms with Gasteiger partial charge in [-0.2, -0.15) is 0 Å². The Kier molecular flexibility index (Phi) is 10.7. The number of carbonyl (C=O) groups excluding carboxylic acids is 3. The van der Waals surface area contributed by atoms with Crippen LogP contribution in [0.4, 0.5) is 37.1 Å². The van der Waals surface area contributed by atoms with Crippen LogP contribution in [0.5, 0.6) is 0 Å². The van der Waals surface area contributed by atoms with Crippen molar-refractivity contribution in [1.82, 2.24) is 10.6 Å². The molecule has 0 saturated carbocycles. The zero-order valence-electron chi connectivity index (χ0n) is 27.2. The summed E-state index contributed by atoms with van der Waals surface area (Å²) in [5, 5.41) is 7.74. The van der Waals surface area contributed by atoms with Crippen molar-refractivity contribution in [2.75, 3.05) is 41.3 Å². The SMILES string of the molecule is CC(C)(C)OC(=O)NC(=Nc1ccc(N2CCN(c3ccc(NC(=O)OC(C)(C)C)cc3)CC2)cc1)NC(=O)OC(C)(C)C. The van der Waals surface area contributed by atoms with E-state index in [0.717, 1.165) is 37.6 Å². The Morgan fingerprint density at radius 3 is 1.34 bits per heavy atom. The third-order valence-corrected chi connectivity index (χ3v) is 5.85. The first-order chi connectivity index (χ1) is 20.3. The molecule has 3 amide bonds. The molecule has 0 bridgehead atoms. The van der Waals surface area contributed by atoms with Gasteiger partial charge in [-0.3, -0.25) is 16.0 Å². The Balaban J connectivity index is 1.61. The molecule has 1 aliphatic heterocycles. The molecule has 0 atom stereocenters. The van der Waals surface area contributed by atoms with Crippen molar-refractivity contribution in [2.45, 2.75) is 79.1 Å². The summed E-state index contributed by atoms with van der Waals surface area (Å²) < 4.78 is 15.9. The van der Waals surface area contributed by atoms with Gasteiger partial charge in [0, 0.05) is 43.2 Å². The van der Waals surface area contributed by atoms with Crippen molar-refractivity contribution < 1.29 is 28.6 Å². The molecule has 12 heteroatoms. The lowest BCUT2D eigenvalue weighted by molar-refractivity contribution is 0.0542. The summed E-state index contributed by atoms with van der Waals surface area (Å²) in [5.41, 5.74) is 1.29. The molecule has 1 fully saturated rings. The van der Waals surface area contributed by atoms with Crippen LogP contribution in [0.15, 0.2) is 53.5 Å². The molecule has 0 unspecified atom stereocenters. The summed E-state index contributed by atoms with van der Waals surface area (Å²) in [5.74, 6) is -0.109. The molecule has 240 valence electrons. The lowest BCUT2D eigenvalue weighted by Gasteiger charge is -2.37. The van der Waals surface area contributed by atoms with Gasteiger partial charge in [0.2, 0.25) is 5.96 Å². The number of guanidine groups is 1. The lowest BCUT2D eigenvalue weighted by atomic mass is 10.2. The number of nitrogens with one attached hydrogen (secondary N) is 3. The minimum absolute atomic E-state index is 0.109. The molecule has 0 aromatic heterocycles. The number of benzene rings is 2. The van der Waals surface area contributed by atoms with Crippen LogP contribution in [0, 0.1) is 0 Å². The maximum absolute atomic E-state index is 12.4. The number of hydrogen-bond donors (Lipinski definition) is 3. The second kappa shape index (κ2) is 13.9. The van der Waals surface area contributed by atoms with Crippen LogP contribution < -0.4 is 25.8 Å². The van der Waals surface area contributed by atoms with Crippen LogP contribution in [0.2, 0.25) is 0 Å². The standard InChI is InChI=1S/C32H46N6O6/c1-30(2,3)42-27(39)34-23-12-16-25(17-13-23)38-20-18-37(19-21-38)24-14-10-22(11-15-24)33-26(35-28(40)43-31(4,5)6)36-29(41)44-32(7,8)9/h10-17H,18-21H2,1-9H3,(H,34,39)(H2,33,35,36,40,41). The van der Waals surface area contributed by atoms with Gasteiger partial charge in [-0.25, -0.2) is 19.4 Å². The quantitative estimate of drug-likeness (QED) is 0.206. The molecule has 2 aromatic carbocycles. The molecular formula is C32H46N6O6. The van der Waals surface area contributed by atoms with Crippen LogP contribution >= 0.6 is 0 Å². The summed E-state index contributed by atoms with van der Waals surface area (Å²) in [6, 6.07) is 15.2. The van der Waals surface area contributed by atoms with Gasteiger partial charge in [-0.15, -0.1) is 0 Å². The second-order valence-corrected chi connectivity index (χ2v) is 13.4. The maximum atomic E-state index is 12.4. The van der Waals surface area contributed by atoms with Crippen molar-refractivity contribution in [3.05, 3.63) is 48.5 Å². The van der Waals surface area contributed by atoms with Crippen molar-refractivity contribution in [3.8, 4) is 0 Å². The fraction of sp³-hybridized carbons (Fsp3) is 0.500. The van der Waals surface area contributed by atoms with Crippen molar-refractivity contribution in [1.29, 1.82) is 0 Å². The van der Waals surface area contributed by atoms with Crippen LogP contribution in [0.25, 0.3) is 0 Å². The molecule has 0 aliphatic carbocycles. The number of amides is 3. The van der Waals surface area contributed by atoms with Crippen LogP contribution in [-0.2, 0) is 14.2 Å². The molecule has 0 radical (unpaired) electrons. The topological polar surface area (TPSA) is 134 Å². The highest BCUT2D eigenvalue weighted by atomic mass is 16.6. The zero-order chi connectivity index (χ0) is 32.7. The highest BCUT2D eigenvalue weighted by Crippen LogP contribution is 2.24. The highest BCUT2D eigenvalue weighted by Gasteiger charge is 2.22. The predicted molar refractivity (Wildman–Crippen MR) is 173 cm³/mol. The predicted octanol–water partition coefficient (Wildman–Crippen LogP) is 6.40. The van der Waals surface area contributed by atoms with E-state index < -0.39 is 35.1 Å².